The number of rotatable bonds is 6. The van der Waals surface area contributed by atoms with E-state index in [1.165, 1.54) is 0 Å². The third-order valence-electron chi connectivity index (χ3n) is 2.67. The van der Waals surface area contributed by atoms with Crippen molar-refractivity contribution < 1.29 is 9.15 Å². The lowest BCUT2D eigenvalue weighted by Crippen LogP contribution is -2.09. The molecule has 0 radical (unpaired) electrons. The smallest absolute Gasteiger partial charge is 0.239 e. The van der Waals surface area contributed by atoms with Gasteiger partial charge in [-0.25, -0.2) is 0 Å². The van der Waals surface area contributed by atoms with Gasteiger partial charge in [-0.05, 0) is 37.6 Å². The lowest BCUT2D eigenvalue weighted by Gasteiger charge is -2.14. The quantitative estimate of drug-likeness (QED) is 0.835. The molecule has 0 aliphatic heterocycles. The van der Waals surface area contributed by atoms with Crippen LogP contribution in [0, 0.1) is 0 Å². The normalized spacial score (nSPS) is 12.1. The van der Waals surface area contributed by atoms with Crippen LogP contribution in [-0.2, 0) is 0 Å². The fourth-order valence-corrected chi connectivity index (χ4v) is 1.68. The summed E-state index contributed by atoms with van der Waals surface area (Å²) in [5, 5.41) is 3.25. The minimum absolute atomic E-state index is 0.0325. The second-order valence-corrected chi connectivity index (χ2v) is 4.32. The van der Waals surface area contributed by atoms with Crippen LogP contribution in [-0.4, -0.2) is 11.6 Å². The Hall–Kier alpha value is -2.17. The predicted molar refractivity (Wildman–Crippen MR) is 75.2 cm³/mol. The van der Waals surface area contributed by atoms with Crippen LogP contribution < -0.4 is 15.8 Å². The molecule has 19 heavy (non-hydrogen) atoms. The van der Waals surface area contributed by atoms with E-state index in [2.05, 4.69) is 10.3 Å². The number of nitrogens with zero attached hydrogens (tertiary/aromatic N) is 1. The van der Waals surface area contributed by atoms with Crippen molar-refractivity contribution in [1.29, 1.82) is 0 Å². The van der Waals surface area contributed by atoms with Crippen molar-refractivity contribution in [3.8, 4) is 5.88 Å². The van der Waals surface area contributed by atoms with Gasteiger partial charge in [-0.15, -0.1) is 0 Å². The Kier molecular flexibility index (Phi) is 4.28. The number of nitrogens with two attached hydrogens (primary N) is 1. The first-order chi connectivity index (χ1) is 9.20. The molecule has 0 spiro atoms. The van der Waals surface area contributed by atoms with Crippen LogP contribution in [0.5, 0.6) is 5.88 Å². The van der Waals surface area contributed by atoms with E-state index in [9.17, 15) is 0 Å². The van der Waals surface area contributed by atoms with Crippen molar-refractivity contribution in [2.45, 2.75) is 26.3 Å². The van der Waals surface area contributed by atoms with Gasteiger partial charge in [-0.2, -0.15) is 4.98 Å². The van der Waals surface area contributed by atoms with E-state index in [4.69, 9.17) is 14.9 Å². The van der Waals surface area contributed by atoms with Crippen molar-refractivity contribution in [3.63, 3.8) is 0 Å². The summed E-state index contributed by atoms with van der Waals surface area (Å²) in [6.07, 6.45) is 2.57. The number of anilines is 2. The van der Waals surface area contributed by atoms with Crippen LogP contribution in [0.2, 0.25) is 0 Å². The molecule has 0 fully saturated rings. The molecule has 2 heterocycles. The van der Waals surface area contributed by atoms with Crippen LogP contribution in [0.4, 0.5) is 11.5 Å². The van der Waals surface area contributed by atoms with E-state index in [0.717, 1.165) is 12.2 Å². The minimum atomic E-state index is 0.0325. The fourth-order valence-electron chi connectivity index (χ4n) is 1.68. The summed E-state index contributed by atoms with van der Waals surface area (Å²) in [6, 6.07) is 7.43. The Balaban J connectivity index is 2.08. The number of aromatic nitrogens is 1. The molecular weight excluding hydrogens is 242 g/mol. The molecule has 0 bridgehead atoms. The number of hydrogen-bond acceptors (Lipinski definition) is 5. The standard InChI is InChI=1S/C14H19N3O2/c1-3-8-19-14-11(15)6-7-13(17-14)16-10(2)12-5-4-9-18-12/h4-7,9-10H,3,8,15H2,1-2H3,(H,16,17). The molecule has 2 aromatic rings. The van der Waals surface area contributed by atoms with Gasteiger partial charge in [0, 0.05) is 0 Å². The van der Waals surface area contributed by atoms with E-state index in [-0.39, 0.29) is 6.04 Å². The van der Waals surface area contributed by atoms with Gasteiger partial charge in [-0.3, -0.25) is 0 Å². The molecule has 3 N–H and O–H groups in total. The van der Waals surface area contributed by atoms with Gasteiger partial charge in [0.15, 0.2) is 0 Å². The average molecular weight is 261 g/mol. The van der Waals surface area contributed by atoms with Crippen molar-refractivity contribution >= 4 is 11.5 Å². The molecule has 0 aromatic carbocycles. The SMILES string of the molecule is CCCOc1nc(NC(C)c2ccco2)ccc1N. The molecule has 5 nitrogen and oxygen atoms in total. The Bertz CT molecular complexity index is 511. The number of nitrogen functional groups attached to an aromatic ring is 1. The van der Waals surface area contributed by atoms with Crippen LogP contribution in [0.25, 0.3) is 0 Å². The Morgan fingerprint density at radius 1 is 1.42 bits per heavy atom. The first kappa shape index (κ1) is 13.3. The molecule has 1 unspecified atom stereocenters. The highest BCUT2D eigenvalue weighted by molar-refractivity contribution is 5.54. The molecule has 1 atom stereocenters. The second-order valence-electron chi connectivity index (χ2n) is 4.32. The molecule has 0 aliphatic rings. The van der Waals surface area contributed by atoms with Crippen molar-refractivity contribution in [2.75, 3.05) is 17.7 Å². The van der Waals surface area contributed by atoms with Gasteiger partial charge in [-0.1, -0.05) is 6.92 Å². The van der Waals surface area contributed by atoms with Gasteiger partial charge in [0.1, 0.15) is 11.6 Å². The number of hydrogen-bond donors (Lipinski definition) is 2. The predicted octanol–water partition coefficient (Wildman–Crippen LogP) is 3.22. The summed E-state index contributed by atoms with van der Waals surface area (Å²) in [7, 11) is 0. The topological polar surface area (TPSA) is 73.3 Å². The maximum absolute atomic E-state index is 5.82. The Labute approximate surface area is 112 Å². The molecule has 0 aliphatic carbocycles. The first-order valence-corrected chi connectivity index (χ1v) is 6.40. The van der Waals surface area contributed by atoms with E-state index in [0.29, 0.717) is 24.0 Å². The molecule has 2 rings (SSSR count). The third kappa shape index (κ3) is 3.40. The fraction of sp³-hybridized carbons (Fsp3) is 0.357. The monoisotopic (exact) mass is 261 g/mol. The lowest BCUT2D eigenvalue weighted by molar-refractivity contribution is 0.307. The van der Waals surface area contributed by atoms with Crippen molar-refractivity contribution in [2.24, 2.45) is 0 Å². The van der Waals surface area contributed by atoms with Gasteiger partial charge in [0.05, 0.1) is 24.6 Å². The van der Waals surface area contributed by atoms with E-state index >= 15 is 0 Å². The van der Waals surface area contributed by atoms with Crippen molar-refractivity contribution in [1.82, 2.24) is 4.98 Å². The lowest BCUT2D eigenvalue weighted by atomic mass is 10.2. The maximum atomic E-state index is 5.82. The highest BCUT2D eigenvalue weighted by atomic mass is 16.5. The number of ether oxygens (including phenoxy) is 1. The largest absolute Gasteiger partial charge is 0.476 e. The molecule has 102 valence electrons. The summed E-state index contributed by atoms with van der Waals surface area (Å²) in [5.74, 6) is 2.04. The van der Waals surface area contributed by atoms with Gasteiger partial charge < -0.3 is 20.2 Å². The van der Waals surface area contributed by atoms with E-state index in [1.807, 2.05) is 32.0 Å². The summed E-state index contributed by atoms with van der Waals surface area (Å²) in [4.78, 5) is 4.36. The van der Waals surface area contributed by atoms with Gasteiger partial charge in [0.2, 0.25) is 5.88 Å². The van der Waals surface area contributed by atoms with Crippen LogP contribution >= 0.6 is 0 Å². The molecule has 0 amide bonds. The molecule has 0 saturated carbocycles. The number of furan rings is 1. The summed E-state index contributed by atoms with van der Waals surface area (Å²) in [6.45, 7) is 4.65. The first-order valence-electron chi connectivity index (χ1n) is 6.40. The summed E-state index contributed by atoms with van der Waals surface area (Å²) >= 11 is 0. The highest BCUT2D eigenvalue weighted by Gasteiger charge is 2.10. The minimum Gasteiger partial charge on any atom is -0.476 e. The second kappa shape index (κ2) is 6.13. The van der Waals surface area contributed by atoms with Crippen LogP contribution in [0.1, 0.15) is 32.1 Å². The molecule has 2 aromatic heterocycles. The Morgan fingerprint density at radius 2 is 2.26 bits per heavy atom. The number of nitrogens with one attached hydrogen (secondary N) is 1. The van der Waals surface area contributed by atoms with E-state index < -0.39 is 0 Å². The summed E-state index contributed by atoms with van der Waals surface area (Å²) < 4.78 is 10.8. The zero-order chi connectivity index (χ0) is 13.7. The summed E-state index contributed by atoms with van der Waals surface area (Å²) in [5.41, 5.74) is 6.37. The molecule has 0 saturated heterocycles. The third-order valence-corrected chi connectivity index (χ3v) is 2.67. The van der Waals surface area contributed by atoms with E-state index in [1.54, 1.807) is 12.3 Å². The maximum Gasteiger partial charge on any atom is 0.239 e. The van der Waals surface area contributed by atoms with Crippen LogP contribution in [0.3, 0.4) is 0 Å². The number of pyridine rings is 1. The zero-order valence-corrected chi connectivity index (χ0v) is 11.2. The van der Waals surface area contributed by atoms with Crippen molar-refractivity contribution in [3.05, 3.63) is 36.3 Å². The van der Waals surface area contributed by atoms with Gasteiger partial charge >= 0.3 is 0 Å². The zero-order valence-electron chi connectivity index (χ0n) is 11.2. The molecular formula is C14H19N3O2. The average Bonchev–Trinajstić information content (AvgIpc) is 2.93. The van der Waals surface area contributed by atoms with Crippen LogP contribution in [0.15, 0.2) is 34.9 Å². The Morgan fingerprint density at radius 3 is 2.95 bits per heavy atom. The highest BCUT2D eigenvalue weighted by Crippen LogP contribution is 2.24. The molecule has 5 heteroatoms. The van der Waals surface area contributed by atoms with Gasteiger partial charge in [0.25, 0.3) is 0 Å².